The monoisotopic (exact) mass is 396 g/mol. The van der Waals surface area contributed by atoms with E-state index in [0.29, 0.717) is 40.0 Å². The number of anilines is 1. The second-order valence-corrected chi connectivity index (χ2v) is 8.47. The lowest BCUT2D eigenvalue weighted by molar-refractivity contribution is 0.599. The fourth-order valence-corrected chi connectivity index (χ4v) is 4.45. The highest BCUT2D eigenvalue weighted by Crippen LogP contribution is 2.39. The number of rotatable bonds is 5. The lowest BCUT2D eigenvalue weighted by Gasteiger charge is -2.26. The molecule has 144 valence electrons. The van der Waals surface area contributed by atoms with Crippen LogP contribution in [0.5, 0.6) is 0 Å². The molecule has 0 spiro atoms. The van der Waals surface area contributed by atoms with Crippen molar-refractivity contribution in [1.82, 2.24) is 15.5 Å². The highest BCUT2D eigenvalue weighted by molar-refractivity contribution is 7.92. The van der Waals surface area contributed by atoms with Crippen molar-refractivity contribution in [3.8, 4) is 6.07 Å². The first kappa shape index (κ1) is 19.5. The predicted molar refractivity (Wildman–Crippen MR) is 107 cm³/mol. The van der Waals surface area contributed by atoms with Crippen molar-refractivity contribution in [3.05, 3.63) is 57.8 Å². The minimum Gasteiger partial charge on any atom is -0.372 e. The third kappa shape index (κ3) is 3.45. The summed E-state index contributed by atoms with van der Waals surface area (Å²) in [6.07, 6.45) is 0.492. The fraction of sp³-hybridized carbons (Fsp3) is 0.316. The van der Waals surface area contributed by atoms with E-state index in [2.05, 4.69) is 31.2 Å². The number of nitriles is 1. The van der Waals surface area contributed by atoms with Crippen LogP contribution in [0, 0.1) is 17.9 Å². The van der Waals surface area contributed by atoms with Gasteiger partial charge in [0.2, 0.25) is 10.0 Å². The first-order chi connectivity index (χ1) is 13.3. The van der Waals surface area contributed by atoms with E-state index < -0.39 is 15.9 Å². The summed E-state index contributed by atoms with van der Waals surface area (Å²) in [5.74, 6) is -0.300. The normalized spacial score (nSPS) is 17.2. The Labute approximate surface area is 163 Å². The van der Waals surface area contributed by atoms with Gasteiger partial charge in [-0.05, 0) is 38.0 Å². The largest absolute Gasteiger partial charge is 0.372 e. The molecule has 0 fully saturated rings. The molecule has 0 aliphatic carbocycles. The van der Waals surface area contributed by atoms with E-state index in [-0.39, 0.29) is 11.6 Å². The van der Waals surface area contributed by atoms with Gasteiger partial charge in [0.25, 0.3) is 0 Å². The number of benzene rings is 1. The Morgan fingerprint density at radius 3 is 2.75 bits per heavy atom. The zero-order chi connectivity index (χ0) is 20.5. The summed E-state index contributed by atoms with van der Waals surface area (Å²) in [7, 11) is -3.49. The van der Waals surface area contributed by atoms with Gasteiger partial charge in [0.1, 0.15) is 0 Å². The van der Waals surface area contributed by atoms with Crippen molar-refractivity contribution in [2.75, 3.05) is 10.5 Å². The molecule has 3 N–H and O–H groups in total. The van der Waals surface area contributed by atoms with E-state index in [1.165, 1.54) is 0 Å². The molecule has 0 bridgehead atoms. The number of H-pyrrole nitrogens is 1. The minimum atomic E-state index is -3.49. The minimum absolute atomic E-state index is 0.000342. The molecule has 0 amide bonds. The first-order valence-corrected chi connectivity index (χ1v) is 10.4. The third-order valence-electron chi connectivity index (χ3n) is 4.61. The Hall–Kier alpha value is -3.30. The SMILES string of the molecule is [C-]#[N+]C1=C(C)NC(C)=C(C#N)C1c1ccc2[nH]nc(NS(=O)(=O)CCC)c2c1. The summed E-state index contributed by atoms with van der Waals surface area (Å²) >= 11 is 0. The van der Waals surface area contributed by atoms with Crippen molar-refractivity contribution >= 4 is 26.7 Å². The number of hydrogen-bond donors (Lipinski definition) is 3. The standard InChI is InChI=1S/C19H20N6O2S/c1-5-8-28(26,27)25-19-14-9-13(6-7-16(14)23-24-19)17-15(10-20)11(2)22-12(3)18(17)21-4/h6-7,9,17,22H,5,8H2,1-3H3,(H2,23,24,25). The van der Waals surface area contributed by atoms with Crippen LogP contribution in [0.25, 0.3) is 15.7 Å². The van der Waals surface area contributed by atoms with Crippen LogP contribution in [-0.4, -0.2) is 24.4 Å². The van der Waals surface area contributed by atoms with Gasteiger partial charge in [-0.2, -0.15) is 10.4 Å². The number of aromatic nitrogens is 2. The smallest absolute Gasteiger partial charge is 0.233 e. The highest BCUT2D eigenvalue weighted by atomic mass is 32.2. The number of allylic oxidation sites excluding steroid dienone is 3. The van der Waals surface area contributed by atoms with Crippen LogP contribution in [0.4, 0.5) is 5.82 Å². The van der Waals surface area contributed by atoms with Crippen LogP contribution in [0.1, 0.15) is 38.7 Å². The lowest BCUT2D eigenvalue weighted by Crippen LogP contribution is -2.22. The molecule has 1 aromatic carbocycles. The summed E-state index contributed by atoms with van der Waals surface area (Å²) in [5, 5.41) is 20.2. The van der Waals surface area contributed by atoms with E-state index in [0.717, 1.165) is 5.56 Å². The van der Waals surface area contributed by atoms with Crippen molar-refractivity contribution in [3.63, 3.8) is 0 Å². The van der Waals surface area contributed by atoms with E-state index in [4.69, 9.17) is 6.57 Å². The van der Waals surface area contributed by atoms with Gasteiger partial charge in [-0.15, -0.1) is 0 Å². The highest BCUT2D eigenvalue weighted by Gasteiger charge is 2.30. The van der Waals surface area contributed by atoms with Gasteiger partial charge in [-0.25, -0.2) is 13.3 Å². The van der Waals surface area contributed by atoms with Crippen LogP contribution in [0.3, 0.4) is 0 Å². The molecule has 28 heavy (non-hydrogen) atoms. The molecular formula is C19H20N6O2S. The fourth-order valence-electron chi connectivity index (χ4n) is 3.36. The summed E-state index contributed by atoms with van der Waals surface area (Å²) in [4.78, 5) is 3.64. The summed E-state index contributed by atoms with van der Waals surface area (Å²) in [6, 6.07) is 7.58. The van der Waals surface area contributed by atoms with Crippen LogP contribution < -0.4 is 10.0 Å². The molecular weight excluding hydrogens is 376 g/mol. The van der Waals surface area contributed by atoms with E-state index >= 15 is 0 Å². The van der Waals surface area contributed by atoms with E-state index in [1.54, 1.807) is 32.9 Å². The second-order valence-electron chi connectivity index (χ2n) is 6.63. The summed E-state index contributed by atoms with van der Waals surface area (Å²) < 4.78 is 26.8. The number of nitrogens with zero attached hydrogens (tertiary/aromatic N) is 3. The average molecular weight is 396 g/mol. The van der Waals surface area contributed by atoms with Gasteiger partial charge in [-0.1, -0.05) is 13.0 Å². The molecule has 1 atom stereocenters. The number of nitrogens with one attached hydrogen (secondary N) is 3. The quantitative estimate of drug-likeness (QED) is 0.671. The second kappa shape index (κ2) is 7.37. The zero-order valence-electron chi connectivity index (χ0n) is 15.8. The first-order valence-electron chi connectivity index (χ1n) is 8.76. The van der Waals surface area contributed by atoms with E-state index in [9.17, 15) is 13.7 Å². The Morgan fingerprint density at radius 2 is 2.11 bits per heavy atom. The van der Waals surface area contributed by atoms with Crippen molar-refractivity contribution < 1.29 is 8.42 Å². The maximum atomic E-state index is 12.1. The van der Waals surface area contributed by atoms with Gasteiger partial charge in [0.05, 0.1) is 35.4 Å². The molecule has 2 aromatic rings. The molecule has 0 saturated carbocycles. The van der Waals surface area contributed by atoms with Gasteiger partial charge >= 0.3 is 0 Å². The Bertz CT molecular complexity index is 1160. The molecule has 3 rings (SSSR count). The van der Waals surface area contributed by atoms with Gasteiger partial charge in [0, 0.05) is 16.8 Å². The van der Waals surface area contributed by atoms with Crippen molar-refractivity contribution in [2.24, 2.45) is 0 Å². The molecule has 0 radical (unpaired) electrons. The Kier molecular flexibility index (Phi) is 5.12. The zero-order valence-corrected chi connectivity index (χ0v) is 16.6. The molecule has 1 aromatic heterocycles. The molecule has 9 heteroatoms. The number of dihydropyridines is 1. The van der Waals surface area contributed by atoms with Gasteiger partial charge < -0.3 is 5.32 Å². The topological polar surface area (TPSA) is 115 Å². The predicted octanol–water partition coefficient (Wildman–Crippen LogP) is 3.35. The van der Waals surface area contributed by atoms with Crippen LogP contribution in [-0.2, 0) is 10.0 Å². The number of hydrogen-bond acceptors (Lipinski definition) is 5. The Morgan fingerprint density at radius 1 is 1.36 bits per heavy atom. The number of aromatic amines is 1. The molecule has 2 heterocycles. The average Bonchev–Trinajstić information content (AvgIpc) is 3.02. The van der Waals surface area contributed by atoms with Crippen LogP contribution in [0.2, 0.25) is 0 Å². The molecule has 1 aliphatic heterocycles. The number of sulfonamides is 1. The van der Waals surface area contributed by atoms with Crippen LogP contribution >= 0.6 is 0 Å². The maximum Gasteiger partial charge on any atom is 0.233 e. The lowest BCUT2D eigenvalue weighted by atomic mass is 9.84. The molecule has 0 saturated heterocycles. The van der Waals surface area contributed by atoms with E-state index in [1.807, 2.05) is 6.07 Å². The number of fused-ring (bicyclic) bond motifs is 1. The molecule has 8 nitrogen and oxygen atoms in total. The maximum absolute atomic E-state index is 12.1. The summed E-state index contributed by atoms with van der Waals surface area (Å²) in [5.41, 5.74) is 3.70. The molecule has 1 unspecified atom stereocenters. The van der Waals surface area contributed by atoms with Crippen LogP contribution in [0.15, 0.2) is 40.9 Å². The molecule has 1 aliphatic rings. The van der Waals surface area contributed by atoms with Gasteiger partial charge in [0.15, 0.2) is 11.5 Å². The third-order valence-corrected chi connectivity index (χ3v) is 6.06. The summed E-state index contributed by atoms with van der Waals surface area (Å²) in [6.45, 7) is 13.0. The Balaban J connectivity index is 2.14. The van der Waals surface area contributed by atoms with Gasteiger partial charge in [-0.3, -0.25) is 9.82 Å². The van der Waals surface area contributed by atoms with Crippen molar-refractivity contribution in [1.29, 1.82) is 5.26 Å². The van der Waals surface area contributed by atoms with Crippen molar-refractivity contribution in [2.45, 2.75) is 33.1 Å².